The van der Waals surface area contributed by atoms with E-state index in [1.165, 1.54) is 0 Å². The van der Waals surface area contributed by atoms with Crippen molar-refractivity contribution in [2.45, 2.75) is 0 Å². The molecule has 2 aromatic carbocycles. The van der Waals surface area contributed by atoms with E-state index in [0.717, 1.165) is 33.3 Å². The topological polar surface area (TPSA) is 18.0 Å². The maximum atomic E-state index is 5.98. The van der Waals surface area contributed by atoms with Crippen LogP contribution >= 0.6 is 11.6 Å². The van der Waals surface area contributed by atoms with Gasteiger partial charge in [0.15, 0.2) is 7.05 Å². The van der Waals surface area contributed by atoms with Crippen molar-refractivity contribution in [1.82, 2.24) is 4.68 Å². The SMILES string of the molecule is COc1ccc(-c2cc(-c3ccc(Cl)cc3)n(C)[n+]2C)cc1. The van der Waals surface area contributed by atoms with E-state index in [4.69, 9.17) is 16.3 Å². The Morgan fingerprint density at radius 1 is 0.955 bits per heavy atom. The molecule has 3 aromatic rings. The van der Waals surface area contributed by atoms with Gasteiger partial charge in [0.25, 0.3) is 0 Å². The second-order valence-corrected chi connectivity index (χ2v) is 5.63. The highest BCUT2D eigenvalue weighted by molar-refractivity contribution is 6.30. The number of methoxy groups -OCH3 is 1. The summed E-state index contributed by atoms with van der Waals surface area (Å²) in [5.41, 5.74) is 4.58. The summed E-state index contributed by atoms with van der Waals surface area (Å²) in [5, 5.41) is 0.748. The van der Waals surface area contributed by atoms with Crippen molar-refractivity contribution in [2.24, 2.45) is 14.1 Å². The Kier molecular flexibility index (Phi) is 3.90. The van der Waals surface area contributed by atoms with Gasteiger partial charge in [0.2, 0.25) is 5.69 Å². The summed E-state index contributed by atoms with van der Waals surface area (Å²) in [4.78, 5) is 0. The normalized spacial score (nSPS) is 10.7. The summed E-state index contributed by atoms with van der Waals surface area (Å²) in [6, 6.07) is 18.2. The highest BCUT2D eigenvalue weighted by Gasteiger charge is 2.19. The van der Waals surface area contributed by atoms with Gasteiger partial charge in [0, 0.05) is 22.2 Å². The van der Waals surface area contributed by atoms with Gasteiger partial charge in [-0.2, -0.15) is 4.68 Å². The fraction of sp³-hybridized carbons (Fsp3) is 0.167. The van der Waals surface area contributed by atoms with Crippen LogP contribution in [-0.2, 0) is 14.1 Å². The van der Waals surface area contributed by atoms with Gasteiger partial charge >= 0.3 is 0 Å². The molecule has 3 rings (SSSR count). The molecule has 0 bridgehead atoms. The Labute approximate surface area is 135 Å². The zero-order chi connectivity index (χ0) is 15.7. The minimum atomic E-state index is 0.748. The number of rotatable bonds is 3. The number of hydrogen-bond acceptors (Lipinski definition) is 1. The summed E-state index contributed by atoms with van der Waals surface area (Å²) in [7, 11) is 5.78. The predicted molar refractivity (Wildman–Crippen MR) is 89.0 cm³/mol. The van der Waals surface area contributed by atoms with Gasteiger partial charge in [0.1, 0.15) is 11.4 Å². The summed E-state index contributed by atoms with van der Waals surface area (Å²) in [6.07, 6.45) is 0. The number of ether oxygens (including phenoxy) is 1. The fourth-order valence-corrected chi connectivity index (χ4v) is 2.69. The zero-order valence-corrected chi connectivity index (χ0v) is 13.6. The molecule has 0 amide bonds. The fourth-order valence-electron chi connectivity index (χ4n) is 2.56. The van der Waals surface area contributed by atoms with Gasteiger partial charge in [-0.15, -0.1) is 4.68 Å². The van der Waals surface area contributed by atoms with Crippen LogP contribution in [0.5, 0.6) is 5.75 Å². The van der Waals surface area contributed by atoms with Crippen LogP contribution in [0.3, 0.4) is 0 Å². The lowest BCUT2D eigenvalue weighted by Gasteiger charge is -2.01. The van der Waals surface area contributed by atoms with Crippen LogP contribution in [-0.4, -0.2) is 11.8 Å². The molecule has 0 aliphatic rings. The van der Waals surface area contributed by atoms with Crippen molar-refractivity contribution in [1.29, 1.82) is 0 Å². The van der Waals surface area contributed by atoms with Crippen molar-refractivity contribution < 1.29 is 9.42 Å². The van der Waals surface area contributed by atoms with Crippen molar-refractivity contribution >= 4 is 11.6 Å². The summed E-state index contributed by atoms with van der Waals surface area (Å²) in [6.45, 7) is 0. The monoisotopic (exact) mass is 313 g/mol. The molecule has 0 radical (unpaired) electrons. The third-order valence-electron chi connectivity index (χ3n) is 3.95. The highest BCUT2D eigenvalue weighted by Crippen LogP contribution is 2.26. The van der Waals surface area contributed by atoms with Crippen LogP contribution in [0.25, 0.3) is 22.5 Å². The smallest absolute Gasteiger partial charge is 0.238 e. The van der Waals surface area contributed by atoms with E-state index in [9.17, 15) is 0 Å². The molecule has 0 saturated carbocycles. The number of aromatic nitrogens is 2. The first-order valence-corrected chi connectivity index (χ1v) is 7.44. The molecule has 4 heteroatoms. The zero-order valence-electron chi connectivity index (χ0n) is 12.9. The molecule has 0 N–H and O–H groups in total. The van der Waals surface area contributed by atoms with Gasteiger partial charge in [0.05, 0.1) is 14.2 Å². The largest absolute Gasteiger partial charge is 0.497 e. The highest BCUT2D eigenvalue weighted by atomic mass is 35.5. The molecule has 0 saturated heterocycles. The second-order valence-electron chi connectivity index (χ2n) is 5.20. The minimum absolute atomic E-state index is 0.748. The van der Waals surface area contributed by atoms with E-state index < -0.39 is 0 Å². The maximum absolute atomic E-state index is 5.98. The van der Waals surface area contributed by atoms with E-state index >= 15 is 0 Å². The standard InChI is InChI=1S/C18H18ClN2O/c1-20-17(13-4-8-15(19)9-5-13)12-18(21(20)2)14-6-10-16(22-3)11-7-14/h4-12H,1-3H3/q+1. The van der Waals surface area contributed by atoms with Gasteiger partial charge in [-0.1, -0.05) is 23.7 Å². The van der Waals surface area contributed by atoms with Crippen LogP contribution < -0.4 is 9.42 Å². The molecular weight excluding hydrogens is 296 g/mol. The van der Waals surface area contributed by atoms with E-state index in [1.807, 2.05) is 36.4 Å². The first-order valence-electron chi connectivity index (χ1n) is 7.06. The lowest BCUT2D eigenvalue weighted by Crippen LogP contribution is -2.39. The third kappa shape index (κ3) is 2.60. The molecule has 3 nitrogen and oxygen atoms in total. The van der Waals surface area contributed by atoms with E-state index in [2.05, 4.69) is 41.7 Å². The van der Waals surface area contributed by atoms with E-state index in [1.54, 1.807) is 7.11 Å². The van der Waals surface area contributed by atoms with Crippen molar-refractivity contribution in [3.8, 4) is 28.3 Å². The molecule has 0 spiro atoms. The molecule has 0 atom stereocenters. The summed E-state index contributed by atoms with van der Waals surface area (Å²) >= 11 is 5.98. The first kappa shape index (κ1) is 14.7. The molecule has 0 unspecified atom stereocenters. The van der Waals surface area contributed by atoms with Crippen LogP contribution in [0.15, 0.2) is 54.6 Å². The summed E-state index contributed by atoms with van der Waals surface area (Å²) in [5.74, 6) is 0.861. The minimum Gasteiger partial charge on any atom is -0.497 e. The Balaban J connectivity index is 2.06. The average Bonchev–Trinajstić information content (AvgIpc) is 2.84. The van der Waals surface area contributed by atoms with Crippen LogP contribution in [0, 0.1) is 0 Å². The Hall–Kier alpha value is -2.26. The maximum Gasteiger partial charge on any atom is 0.238 e. The average molecular weight is 314 g/mol. The van der Waals surface area contributed by atoms with Crippen molar-refractivity contribution in [3.05, 3.63) is 59.6 Å². The van der Waals surface area contributed by atoms with Crippen molar-refractivity contribution in [2.75, 3.05) is 7.11 Å². The first-order chi connectivity index (χ1) is 10.6. The van der Waals surface area contributed by atoms with Crippen molar-refractivity contribution in [3.63, 3.8) is 0 Å². The van der Waals surface area contributed by atoms with Crippen LogP contribution in [0.1, 0.15) is 0 Å². The Morgan fingerprint density at radius 3 is 2.14 bits per heavy atom. The predicted octanol–water partition coefficient (Wildman–Crippen LogP) is 3.85. The quantitative estimate of drug-likeness (QED) is 0.672. The molecule has 1 heterocycles. The number of halogens is 1. The van der Waals surface area contributed by atoms with Gasteiger partial charge in [-0.3, -0.25) is 0 Å². The number of benzene rings is 2. The van der Waals surface area contributed by atoms with Gasteiger partial charge < -0.3 is 4.74 Å². The van der Waals surface area contributed by atoms with Gasteiger partial charge in [-0.05, 0) is 36.4 Å². The Morgan fingerprint density at radius 2 is 1.55 bits per heavy atom. The number of hydrogen-bond donors (Lipinski definition) is 0. The second kappa shape index (κ2) is 5.85. The molecule has 112 valence electrons. The Bertz CT molecular complexity index is 789. The third-order valence-corrected chi connectivity index (χ3v) is 4.20. The molecular formula is C18H18ClN2O+. The van der Waals surface area contributed by atoms with Crippen LogP contribution in [0.2, 0.25) is 5.02 Å². The van der Waals surface area contributed by atoms with Gasteiger partial charge in [-0.25, -0.2) is 0 Å². The van der Waals surface area contributed by atoms with E-state index in [-0.39, 0.29) is 0 Å². The molecule has 0 fully saturated rings. The lowest BCUT2D eigenvalue weighted by atomic mass is 10.1. The number of nitrogens with zero attached hydrogens (tertiary/aromatic N) is 2. The molecule has 0 aliphatic heterocycles. The van der Waals surface area contributed by atoms with Crippen LogP contribution in [0.4, 0.5) is 0 Å². The molecule has 22 heavy (non-hydrogen) atoms. The lowest BCUT2D eigenvalue weighted by molar-refractivity contribution is -0.740. The van der Waals surface area contributed by atoms with E-state index in [0.29, 0.717) is 0 Å². The molecule has 0 aliphatic carbocycles. The summed E-state index contributed by atoms with van der Waals surface area (Å²) < 4.78 is 9.48. The molecule has 1 aromatic heterocycles.